The van der Waals surface area contributed by atoms with Crippen molar-refractivity contribution in [2.24, 2.45) is 0 Å². The first-order chi connectivity index (χ1) is 17.6. The van der Waals surface area contributed by atoms with Crippen LogP contribution in [0, 0.1) is 0 Å². The molecule has 2 aromatic carbocycles. The number of fused-ring (bicyclic) bond motifs is 4. The summed E-state index contributed by atoms with van der Waals surface area (Å²) in [5, 5.41) is 3.62. The predicted octanol–water partition coefficient (Wildman–Crippen LogP) is 3.48. The number of hydrogen-bond acceptors (Lipinski definition) is 6. The lowest BCUT2D eigenvalue weighted by molar-refractivity contribution is 0.0679. The van der Waals surface area contributed by atoms with Crippen LogP contribution in [0.15, 0.2) is 54.9 Å². The molecule has 2 amide bonds. The van der Waals surface area contributed by atoms with Gasteiger partial charge in [-0.25, -0.2) is 19.7 Å². The number of nitrogens with zero attached hydrogens (tertiary/aromatic N) is 6. The van der Waals surface area contributed by atoms with E-state index >= 15 is 0 Å². The number of anilines is 1. The van der Waals surface area contributed by atoms with E-state index < -0.39 is 0 Å². The SMILES string of the molecule is O=C1NCC2CN(c3ncc(-c4ccc5nc6n(c5c4)C(c4cccc(Cl)c4)COC6)cn3)CCN12. The number of ether oxygens (including phenoxy) is 1. The molecule has 2 fully saturated rings. The Labute approximate surface area is 212 Å². The molecule has 9 nitrogen and oxygen atoms in total. The Bertz CT molecular complexity index is 1470. The second-order valence-electron chi connectivity index (χ2n) is 9.44. The fourth-order valence-corrected chi connectivity index (χ4v) is 5.69. The Balaban J connectivity index is 1.19. The van der Waals surface area contributed by atoms with Gasteiger partial charge in [0.05, 0.1) is 29.7 Å². The van der Waals surface area contributed by atoms with E-state index in [-0.39, 0.29) is 18.1 Å². The summed E-state index contributed by atoms with van der Waals surface area (Å²) >= 11 is 6.29. The van der Waals surface area contributed by atoms with Crippen LogP contribution in [0.2, 0.25) is 5.02 Å². The van der Waals surface area contributed by atoms with Crippen LogP contribution in [-0.2, 0) is 11.3 Å². The molecular formula is C26H24ClN7O2. The Kier molecular flexibility index (Phi) is 5.07. The summed E-state index contributed by atoms with van der Waals surface area (Å²) in [5.41, 5.74) is 5.05. The number of amides is 2. The van der Waals surface area contributed by atoms with Crippen LogP contribution in [0.1, 0.15) is 17.4 Å². The van der Waals surface area contributed by atoms with Gasteiger partial charge in [0.1, 0.15) is 12.4 Å². The minimum atomic E-state index is 0.00181. The van der Waals surface area contributed by atoms with Gasteiger partial charge in [0.15, 0.2) is 0 Å². The van der Waals surface area contributed by atoms with E-state index in [1.165, 1.54) is 0 Å². The Morgan fingerprint density at radius 3 is 2.81 bits per heavy atom. The van der Waals surface area contributed by atoms with E-state index in [0.29, 0.717) is 37.3 Å². The van der Waals surface area contributed by atoms with Gasteiger partial charge in [-0.15, -0.1) is 0 Å². The number of aromatic nitrogens is 4. The number of hydrogen-bond donors (Lipinski definition) is 1. The van der Waals surface area contributed by atoms with Crippen molar-refractivity contribution in [3.05, 3.63) is 71.3 Å². The summed E-state index contributed by atoms with van der Waals surface area (Å²) in [6, 6.07) is 14.4. The Morgan fingerprint density at radius 1 is 1.06 bits per heavy atom. The first kappa shape index (κ1) is 21.6. The molecule has 7 rings (SSSR count). The van der Waals surface area contributed by atoms with Gasteiger partial charge in [-0.05, 0) is 35.4 Å². The molecule has 182 valence electrons. The van der Waals surface area contributed by atoms with Crippen LogP contribution in [0.25, 0.3) is 22.2 Å². The monoisotopic (exact) mass is 501 g/mol. The highest BCUT2D eigenvalue weighted by Crippen LogP contribution is 2.33. The maximum absolute atomic E-state index is 11.9. The third kappa shape index (κ3) is 3.58. The van der Waals surface area contributed by atoms with Crippen LogP contribution in [0.4, 0.5) is 10.7 Å². The number of carbonyl (C=O) groups is 1. The molecule has 0 aliphatic carbocycles. The smallest absolute Gasteiger partial charge is 0.317 e. The Morgan fingerprint density at radius 2 is 1.94 bits per heavy atom. The van der Waals surface area contributed by atoms with Gasteiger partial charge in [0.25, 0.3) is 0 Å². The van der Waals surface area contributed by atoms with Crippen molar-refractivity contribution in [3.8, 4) is 11.1 Å². The summed E-state index contributed by atoms with van der Waals surface area (Å²) < 4.78 is 8.14. The molecule has 10 heteroatoms. The average Bonchev–Trinajstić information content (AvgIpc) is 3.48. The number of benzene rings is 2. The van der Waals surface area contributed by atoms with Crippen molar-refractivity contribution >= 4 is 34.6 Å². The van der Waals surface area contributed by atoms with Gasteiger partial charge in [0, 0.05) is 49.2 Å². The number of urea groups is 1. The minimum Gasteiger partial charge on any atom is -0.371 e. The largest absolute Gasteiger partial charge is 0.371 e. The molecule has 0 spiro atoms. The fraction of sp³-hybridized carbons (Fsp3) is 0.308. The van der Waals surface area contributed by atoms with Crippen molar-refractivity contribution in [2.45, 2.75) is 18.7 Å². The van der Waals surface area contributed by atoms with Crippen molar-refractivity contribution < 1.29 is 9.53 Å². The standard InChI is InChI=1S/C26H24ClN7O2/c27-19-3-1-2-17(8-19)23-14-36-15-24-31-21-5-4-16(9-22(21)34(23)24)18-10-28-25(29-11-18)32-6-7-33-20(13-32)12-30-26(33)35/h1-5,8-11,20,23H,6-7,12-15H2,(H,30,35). The summed E-state index contributed by atoms with van der Waals surface area (Å²) in [6.07, 6.45) is 3.75. The second-order valence-corrected chi connectivity index (χ2v) is 9.87. The number of carbonyl (C=O) groups excluding carboxylic acids is 1. The number of imidazole rings is 1. The zero-order valence-electron chi connectivity index (χ0n) is 19.5. The summed E-state index contributed by atoms with van der Waals surface area (Å²) in [7, 11) is 0. The first-order valence-corrected chi connectivity index (χ1v) is 12.5. The van der Waals surface area contributed by atoms with Crippen molar-refractivity contribution in [1.29, 1.82) is 0 Å². The molecule has 3 aliphatic rings. The molecule has 3 aliphatic heterocycles. The van der Waals surface area contributed by atoms with Gasteiger partial charge in [-0.2, -0.15) is 0 Å². The van der Waals surface area contributed by atoms with Crippen molar-refractivity contribution in [2.75, 3.05) is 37.7 Å². The molecule has 36 heavy (non-hydrogen) atoms. The molecule has 0 bridgehead atoms. The van der Waals surface area contributed by atoms with Crippen LogP contribution < -0.4 is 10.2 Å². The van der Waals surface area contributed by atoms with E-state index in [1.807, 2.05) is 41.6 Å². The van der Waals surface area contributed by atoms with Gasteiger partial charge in [0.2, 0.25) is 5.95 Å². The first-order valence-electron chi connectivity index (χ1n) is 12.1. The van der Waals surface area contributed by atoms with Gasteiger partial charge < -0.3 is 24.4 Å². The molecule has 2 saturated heterocycles. The summed E-state index contributed by atoms with van der Waals surface area (Å²) in [6.45, 7) is 3.86. The molecule has 0 radical (unpaired) electrons. The van der Waals surface area contributed by atoms with E-state index in [2.05, 4.69) is 43.0 Å². The fourth-order valence-electron chi connectivity index (χ4n) is 5.49. The normalized spacial score (nSPS) is 21.4. The minimum absolute atomic E-state index is 0.00181. The molecule has 2 atom stereocenters. The third-order valence-electron chi connectivity index (χ3n) is 7.30. The molecule has 1 N–H and O–H groups in total. The van der Waals surface area contributed by atoms with E-state index in [0.717, 1.165) is 46.6 Å². The highest BCUT2D eigenvalue weighted by atomic mass is 35.5. The van der Waals surface area contributed by atoms with E-state index in [4.69, 9.17) is 21.3 Å². The Hall–Kier alpha value is -3.69. The highest BCUT2D eigenvalue weighted by Gasteiger charge is 2.36. The lowest BCUT2D eigenvalue weighted by atomic mass is 10.1. The molecule has 2 aromatic heterocycles. The maximum Gasteiger partial charge on any atom is 0.317 e. The third-order valence-corrected chi connectivity index (χ3v) is 7.54. The number of piperazine rings is 1. The van der Waals surface area contributed by atoms with Crippen LogP contribution in [-0.4, -0.2) is 69.3 Å². The summed E-state index contributed by atoms with van der Waals surface area (Å²) in [4.78, 5) is 30.1. The molecule has 4 aromatic rings. The van der Waals surface area contributed by atoms with E-state index in [1.54, 1.807) is 0 Å². The van der Waals surface area contributed by atoms with Crippen molar-refractivity contribution in [1.82, 2.24) is 29.7 Å². The maximum atomic E-state index is 11.9. The number of nitrogens with one attached hydrogen (secondary N) is 1. The zero-order valence-corrected chi connectivity index (χ0v) is 20.2. The molecule has 5 heterocycles. The second kappa shape index (κ2) is 8.46. The van der Waals surface area contributed by atoms with Gasteiger partial charge >= 0.3 is 6.03 Å². The van der Waals surface area contributed by atoms with E-state index in [9.17, 15) is 4.79 Å². The highest BCUT2D eigenvalue weighted by molar-refractivity contribution is 6.30. The summed E-state index contributed by atoms with van der Waals surface area (Å²) in [5.74, 6) is 1.60. The molecular weight excluding hydrogens is 478 g/mol. The van der Waals surface area contributed by atoms with Gasteiger partial charge in [-0.3, -0.25) is 0 Å². The molecule has 2 unspecified atom stereocenters. The quantitative estimate of drug-likeness (QED) is 0.462. The zero-order chi connectivity index (χ0) is 24.2. The number of halogens is 1. The lowest BCUT2D eigenvalue weighted by Crippen LogP contribution is -2.52. The van der Waals surface area contributed by atoms with Crippen LogP contribution in [0.5, 0.6) is 0 Å². The van der Waals surface area contributed by atoms with Crippen LogP contribution >= 0.6 is 11.6 Å². The average molecular weight is 502 g/mol. The van der Waals surface area contributed by atoms with Crippen LogP contribution in [0.3, 0.4) is 0 Å². The topological polar surface area (TPSA) is 88.4 Å². The number of rotatable bonds is 3. The van der Waals surface area contributed by atoms with Crippen molar-refractivity contribution in [3.63, 3.8) is 0 Å². The van der Waals surface area contributed by atoms with Gasteiger partial charge in [-0.1, -0.05) is 29.8 Å². The predicted molar refractivity (Wildman–Crippen MR) is 136 cm³/mol. The molecule has 0 saturated carbocycles. The lowest BCUT2D eigenvalue weighted by Gasteiger charge is -2.36.